The highest BCUT2D eigenvalue weighted by Crippen LogP contribution is 2.17. The highest BCUT2D eigenvalue weighted by molar-refractivity contribution is 7.98. The van der Waals surface area contributed by atoms with Crippen molar-refractivity contribution in [3.63, 3.8) is 0 Å². The minimum Gasteiger partial charge on any atom is -0.478 e. The second-order valence-corrected chi connectivity index (χ2v) is 6.57. The van der Waals surface area contributed by atoms with Gasteiger partial charge < -0.3 is 19.9 Å². The summed E-state index contributed by atoms with van der Waals surface area (Å²) in [5.41, 5.74) is 0.677. The predicted octanol–water partition coefficient (Wildman–Crippen LogP) is 1.40. The number of nitrogens with one attached hydrogen (secondary N) is 2. The Morgan fingerprint density at radius 2 is 2.19 bits per heavy atom. The zero-order chi connectivity index (χ0) is 19.6. The minimum atomic E-state index is -0.590. The lowest BCUT2D eigenvalue weighted by molar-refractivity contribution is -0.128. The van der Waals surface area contributed by atoms with Crippen LogP contribution in [0.2, 0.25) is 0 Å². The maximum absolute atomic E-state index is 12.3. The monoisotopic (exact) mass is 393 g/mol. The van der Waals surface area contributed by atoms with E-state index in [1.54, 1.807) is 30.1 Å². The number of nitrogens with zero attached hydrogens (tertiary/aromatic N) is 3. The number of pyridine rings is 1. The van der Waals surface area contributed by atoms with E-state index in [9.17, 15) is 9.59 Å². The number of carbonyl (C=O) groups excluding carboxylic acids is 2. The Balaban J connectivity index is 1.94. The second kappa shape index (κ2) is 10.5. The smallest absolute Gasteiger partial charge is 0.246 e. The van der Waals surface area contributed by atoms with Crippen LogP contribution in [0.25, 0.3) is 11.4 Å². The van der Waals surface area contributed by atoms with Crippen LogP contribution in [-0.2, 0) is 16.1 Å². The Morgan fingerprint density at radius 3 is 2.81 bits per heavy atom. The molecule has 1 atom stereocenters. The molecule has 2 N–H and O–H groups in total. The second-order valence-electron chi connectivity index (χ2n) is 5.58. The van der Waals surface area contributed by atoms with Crippen LogP contribution < -0.4 is 15.4 Å². The van der Waals surface area contributed by atoms with Gasteiger partial charge in [-0.3, -0.25) is 9.59 Å². The number of rotatable bonds is 10. The molecule has 0 aromatic carbocycles. The SMILES string of the molecule is CCOc1ccc(-c2noc(CNC(=O)[C@@H](CCSC)NC(C)=O)n2)cn1. The van der Waals surface area contributed by atoms with Crippen LogP contribution >= 0.6 is 11.8 Å². The van der Waals surface area contributed by atoms with E-state index in [2.05, 4.69) is 25.8 Å². The van der Waals surface area contributed by atoms with Gasteiger partial charge in [0.1, 0.15) is 6.04 Å². The number of aromatic nitrogens is 3. The van der Waals surface area contributed by atoms with Crippen molar-refractivity contribution >= 4 is 23.6 Å². The molecule has 0 aliphatic heterocycles. The normalized spacial score (nSPS) is 11.7. The fourth-order valence-corrected chi connectivity index (χ4v) is 2.70. The van der Waals surface area contributed by atoms with Crippen molar-refractivity contribution in [2.24, 2.45) is 0 Å². The molecule has 0 aliphatic carbocycles. The summed E-state index contributed by atoms with van der Waals surface area (Å²) in [4.78, 5) is 31.9. The van der Waals surface area contributed by atoms with Crippen molar-refractivity contribution in [1.82, 2.24) is 25.8 Å². The summed E-state index contributed by atoms with van der Waals surface area (Å²) in [6.07, 6.45) is 4.07. The average molecular weight is 393 g/mol. The lowest BCUT2D eigenvalue weighted by Crippen LogP contribution is -2.46. The zero-order valence-corrected chi connectivity index (χ0v) is 16.3. The quantitative estimate of drug-likeness (QED) is 0.622. The molecule has 2 aromatic heterocycles. The molecule has 0 saturated carbocycles. The number of hydrogen-bond acceptors (Lipinski definition) is 8. The van der Waals surface area contributed by atoms with E-state index >= 15 is 0 Å². The van der Waals surface area contributed by atoms with Gasteiger partial charge >= 0.3 is 0 Å². The predicted molar refractivity (Wildman–Crippen MR) is 101 cm³/mol. The molecule has 0 saturated heterocycles. The fraction of sp³-hybridized carbons (Fsp3) is 0.471. The maximum atomic E-state index is 12.3. The van der Waals surface area contributed by atoms with Crippen LogP contribution in [0.15, 0.2) is 22.9 Å². The molecule has 10 heteroatoms. The molecular weight excluding hydrogens is 370 g/mol. The Hall–Kier alpha value is -2.62. The standard InChI is InChI=1S/C17H23N5O4S/c1-4-25-14-6-5-12(9-18-14)16-21-15(26-22-16)10-19-17(24)13(7-8-27-3)20-11(2)23/h5-6,9,13H,4,7-8,10H2,1-3H3,(H,19,24)(H,20,23)/t13-/m1/s1. The third-order valence-corrected chi connectivity index (χ3v) is 4.12. The van der Waals surface area contributed by atoms with Crippen LogP contribution in [0.1, 0.15) is 26.2 Å². The van der Waals surface area contributed by atoms with Gasteiger partial charge in [0.05, 0.1) is 13.2 Å². The van der Waals surface area contributed by atoms with Gasteiger partial charge in [-0.1, -0.05) is 5.16 Å². The summed E-state index contributed by atoms with van der Waals surface area (Å²) in [6.45, 7) is 3.88. The van der Waals surface area contributed by atoms with Gasteiger partial charge in [0.15, 0.2) is 0 Å². The Kier molecular flexibility index (Phi) is 8.05. The number of hydrogen-bond donors (Lipinski definition) is 2. The first-order chi connectivity index (χ1) is 13.0. The number of ether oxygens (including phenoxy) is 1. The van der Waals surface area contributed by atoms with Gasteiger partial charge in [0, 0.05) is 24.8 Å². The van der Waals surface area contributed by atoms with Gasteiger partial charge in [-0.15, -0.1) is 0 Å². The van der Waals surface area contributed by atoms with Gasteiger partial charge in [0.25, 0.3) is 0 Å². The lowest BCUT2D eigenvalue weighted by Gasteiger charge is -2.16. The molecule has 2 aromatic rings. The molecule has 0 bridgehead atoms. The molecule has 0 spiro atoms. The summed E-state index contributed by atoms with van der Waals surface area (Å²) < 4.78 is 10.5. The third kappa shape index (κ3) is 6.55. The van der Waals surface area contributed by atoms with Crippen molar-refractivity contribution in [3.05, 3.63) is 24.2 Å². The van der Waals surface area contributed by atoms with Crippen molar-refractivity contribution in [2.45, 2.75) is 32.9 Å². The van der Waals surface area contributed by atoms with E-state index in [4.69, 9.17) is 9.26 Å². The van der Waals surface area contributed by atoms with Gasteiger partial charge in [-0.25, -0.2) is 4.98 Å². The highest BCUT2D eigenvalue weighted by Gasteiger charge is 2.19. The number of carbonyl (C=O) groups is 2. The molecular formula is C17H23N5O4S. The molecule has 2 amide bonds. The van der Waals surface area contributed by atoms with Crippen molar-refractivity contribution < 1.29 is 18.8 Å². The number of amides is 2. The first kappa shape index (κ1) is 20.7. The maximum Gasteiger partial charge on any atom is 0.246 e. The molecule has 0 aliphatic rings. The van der Waals surface area contributed by atoms with E-state index in [1.807, 2.05) is 13.2 Å². The molecule has 0 fully saturated rings. The molecule has 0 radical (unpaired) electrons. The summed E-state index contributed by atoms with van der Waals surface area (Å²) >= 11 is 1.61. The summed E-state index contributed by atoms with van der Waals surface area (Å²) in [7, 11) is 0. The zero-order valence-electron chi connectivity index (χ0n) is 15.5. The van der Waals surface area contributed by atoms with E-state index < -0.39 is 6.04 Å². The fourth-order valence-electron chi connectivity index (χ4n) is 2.23. The molecule has 0 unspecified atom stereocenters. The Morgan fingerprint density at radius 1 is 1.37 bits per heavy atom. The van der Waals surface area contributed by atoms with E-state index in [0.29, 0.717) is 30.3 Å². The van der Waals surface area contributed by atoms with Crippen LogP contribution in [0.3, 0.4) is 0 Å². The average Bonchev–Trinajstić information content (AvgIpc) is 3.13. The van der Waals surface area contributed by atoms with E-state index in [0.717, 1.165) is 5.75 Å². The first-order valence-electron chi connectivity index (χ1n) is 8.49. The first-order valence-corrected chi connectivity index (χ1v) is 9.88. The number of thioether (sulfide) groups is 1. The molecule has 27 heavy (non-hydrogen) atoms. The van der Waals surface area contributed by atoms with Gasteiger partial charge in [0.2, 0.25) is 29.4 Å². The lowest BCUT2D eigenvalue weighted by atomic mass is 10.2. The summed E-state index contributed by atoms with van der Waals surface area (Å²) in [5.74, 6) is 1.37. The van der Waals surface area contributed by atoms with Gasteiger partial charge in [-0.2, -0.15) is 16.7 Å². The van der Waals surface area contributed by atoms with Crippen molar-refractivity contribution in [3.8, 4) is 17.3 Å². The topological polar surface area (TPSA) is 119 Å². The van der Waals surface area contributed by atoms with Crippen LogP contribution in [0.5, 0.6) is 5.88 Å². The molecule has 9 nitrogen and oxygen atoms in total. The molecule has 146 valence electrons. The molecule has 2 heterocycles. The summed E-state index contributed by atoms with van der Waals surface area (Å²) in [6, 6.07) is 2.91. The van der Waals surface area contributed by atoms with Crippen LogP contribution in [0, 0.1) is 0 Å². The van der Waals surface area contributed by atoms with Gasteiger partial charge in [-0.05, 0) is 31.4 Å². The Labute approximate surface area is 161 Å². The largest absolute Gasteiger partial charge is 0.478 e. The van der Waals surface area contributed by atoms with E-state index in [1.165, 1.54) is 6.92 Å². The Bertz CT molecular complexity index is 750. The van der Waals surface area contributed by atoms with Crippen LogP contribution in [-0.4, -0.2) is 51.6 Å². The highest BCUT2D eigenvalue weighted by atomic mass is 32.2. The summed E-state index contributed by atoms with van der Waals surface area (Å²) in [5, 5.41) is 9.25. The van der Waals surface area contributed by atoms with E-state index in [-0.39, 0.29) is 24.2 Å². The third-order valence-electron chi connectivity index (χ3n) is 3.47. The van der Waals surface area contributed by atoms with Crippen LogP contribution in [0.4, 0.5) is 0 Å². The van der Waals surface area contributed by atoms with Crippen molar-refractivity contribution in [2.75, 3.05) is 18.6 Å². The molecule has 2 rings (SSSR count). The minimum absolute atomic E-state index is 0.0750. The van der Waals surface area contributed by atoms with Crippen molar-refractivity contribution in [1.29, 1.82) is 0 Å².